The van der Waals surface area contributed by atoms with E-state index in [0.29, 0.717) is 12.4 Å². The van der Waals surface area contributed by atoms with Crippen molar-refractivity contribution in [2.45, 2.75) is 12.6 Å². The third-order valence-electron chi connectivity index (χ3n) is 2.33. The van der Waals surface area contributed by atoms with Gasteiger partial charge in [0.2, 0.25) is 0 Å². The van der Waals surface area contributed by atoms with Crippen LogP contribution in [0.25, 0.3) is 0 Å². The quantitative estimate of drug-likeness (QED) is 0.843. The zero-order valence-electron chi connectivity index (χ0n) is 8.81. The second-order valence-electron chi connectivity index (χ2n) is 3.54. The molecule has 1 aromatic carbocycles. The molecule has 1 saturated heterocycles. The second-order valence-corrected chi connectivity index (χ2v) is 3.54. The maximum Gasteiger partial charge on any atom is 0.408 e. The first kappa shape index (κ1) is 10.5. The van der Waals surface area contributed by atoms with Crippen molar-refractivity contribution in [1.29, 1.82) is 0 Å². The molecule has 1 fully saturated rings. The summed E-state index contributed by atoms with van der Waals surface area (Å²) in [5, 5.41) is 2.65. The lowest BCUT2D eigenvalue weighted by molar-refractivity contribution is 0.0646. The van der Waals surface area contributed by atoms with E-state index in [-0.39, 0.29) is 12.6 Å². The Morgan fingerprint density at radius 3 is 2.81 bits per heavy atom. The number of alkyl carbamates (subject to hydrolysis) is 1. The van der Waals surface area contributed by atoms with Gasteiger partial charge in [0, 0.05) is 0 Å². The van der Waals surface area contributed by atoms with Crippen LogP contribution in [-0.4, -0.2) is 18.7 Å². The summed E-state index contributed by atoms with van der Waals surface area (Å²) in [7, 11) is 0. The monoisotopic (exact) mass is 219 g/mol. The van der Waals surface area contributed by atoms with Crippen molar-refractivity contribution in [2.75, 3.05) is 6.61 Å². The van der Waals surface area contributed by atoms with E-state index >= 15 is 0 Å². The lowest BCUT2D eigenvalue weighted by Gasteiger charge is -2.29. The van der Waals surface area contributed by atoms with E-state index in [9.17, 15) is 4.79 Å². The van der Waals surface area contributed by atoms with Crippen molar-refractivity contribution in [2.24, 2.45) is 0 Å². The Morgan fingerprint density at radius 1 is 1.50 bits per heavy atom. The Balaban J connectivity index is 1.74. The van der Waals surface area contributed by atoms with Crippen LogP contribution in [0.3, 0.4) is 0 Å². The molecule has 1 atom stereocenters. The minimum absolute atomic E-state index is 0.108. The van der Waals surface area contributed by atoms with E-state index in [1.165, 1.54) is 0 Å². The topological polar surface area (TPSA) is 47.6 Å². The predicted octanol–water partition coefficient (Wildman–Crippen LogP) is 1.83. The highest BCUT2D eigenvalue weighted by Gasteiger charge is 2.26. The van der Waals surface area contributed by atoms with Crippen molar-refractivity contribution in [3.05, 3.63) is 48.2 Å². The second kappa shape index (κ2) is 4.70. The van der Waals surface area contributed by atoms with Crippen LogP contribution in [0, 0.1) is 0 Å². The highest BCUT2D eigenvalue weighted by molar-refractivity contribution is 5.68. The molecule has 2 rings (SSSR count). The molecule has 1 aromatic rings. The third kappa shape index (κ3) is 2.53. The molecule has 1 amide bonds. The summed E-state index contributed by atoms with van der Waals surface area (Å²) in [6.45, 7) is 4.36. The molecule has 16 heavy (non-hydrogen) atoms. The van der Waals surface area contributed by atoms with Crippen LogP contribution in [0.4, 0.5) is 4.79 Å². The van der Waals surface area contributed by atoms with Gasteiger partial charge in [-0.05, 0) is 5.56 Å². The van der Waals surface area contributed by atoms with Crippen molar-refractivity contribution in [3.8, 4) is 0 Å². The van der Waals surface area contributed by atoms with Crippen LogP contribution in [0.1, 0.15) is 5.56 Å². The van der Waals surface area contributed by atoms with Gasteiger partial charge in [-0.1, -0.05) is 36.9 Å². The van der Waals surface area contributed by atoms with Gasteiger partial charge in [-0.15, -0.1) is 0 Å². The van der Waals surface area contributed by atoms with Gasteiger partial charge in [-0.25, -0.2) is 4.79 Å². The molecule has 4 nitrogen and oxygen atoms in total. The molecule has 0 spiro atoms. The van der Waals surface area contributed by atoms with E-state index in [1.807, 2.05) is 30.3 Å². The van der Waals surface area contributed by atoms with Gasteiger partial charge in [-0.2, -0.15) is 0 Å². The summed E-state index contributed by atoms with van der Waals surface area (Å²) in [4.78, 5) is 11.3. The van der Waals surface area contributed by atoms with Gasteiger partial charge >= 0.3 is 6.09 Å². The van der Waals surface area contributed by atoms with Crippen LogP contribution < -0.4 is 5.32 Å². The SMILES string of the molecule is C=C1OC[C@@H]1NC(=O)OCc1ccccc1. The average molecular weight is 219 g/mol. The summed E-state index contributed by atoms with van der Waals surface area (Å²) in [5.74, 6) is 0.580. The molecule has 1 aliphatic rings. The molecule has 0 aromatic heterocycles. The van der Waals surface area contributed by atoms with Gasteiger partial charge in [0.05, 0.1) is 0 Å². The van der Waals surface area contributed by atoms with E-state index in [1.54, 1.807) is 0 Å². The third-order valence-corrected chi connectivity index (χ3v) is 2.33. The lowest BCUT2D eigenvalue weighted by Crippen LogP contribution is -2.46. The Kier molecular flexibility index (Phi) is 3.10. The molecular weight excluding hydrogens is 206 g/mol. The number of nitrogens with one attached hydrogen (secondary N) is 1. The highest BCUT2D eigenvalue weighted by Crippen LogP contribution is 2.14. The summed E-state index contributed by atoms with van der Waals surface area (Å²) in [6.07, 6.45) is -0.446. The fourth-order valence-corrected chi connectivity index (χ4v) is 1.31. The van der Waals surface area contributed by atoms with E-state index in [0.717, 1.165) is 5.56 Å². The zero-order chi connectivity index (χ0) is 11.4. The summed E-state index contributed by atoms with van der Waals surface area (Å²) in [5.41, 5.74) is 0.960. The van der Waals surface area contributed by atoms with Gasteiger partial charge in [-0.3, -0.25) is 0 Å². The summed E-state index contributed by atoms with van der Waals surface area (Å²) < 4.78 is 9.98. The average Bonchev–Trinajstić information content (AvgIpc) is 2.33. The first-order chi connectivity index (χ1) is 7.75. The van der Waals surface area contributed by atoms with Crippen LogP contribution >= 0.6 is 0 Å². The number of carbonyl (C=O) groups excluding carboxylic acids is 1. The van der Waals surface area contributed by atoms with Crippen LogP contribution in [0.2, 0.25) is 0 Å². The largest absolute Gasteiger partial charge is 0.494 e. The van der Waals surface area contributed by atoms with Crippen molar-refractivity contribution in [3.63, 3.8) is 0 Å². The molecular formula is C12H13NO3. The number of carbonyl (C=O) groups is 1. The summed E-state index contributed by atoms with van der Waals surface area (Å²) >= 11 is 0. The highest BCUT2D eigenvalue weighted by atomic mass is 16.6. The molecule has 0 radical (unpaired) electrons. The Bertz CT molecular complexity index is 389. The molecule has 1 aliphatic heterocycles. The molecule has 0 bridgehead atoms. The Labute approximate surface area is 93.9 Å². The molecule has 4 heteroatoms. The minimum Gasteiger partial charge on any atom is -0.494 e. The van der Waals surface area contributed by atoms with Gasteiger partial charge in [0.25, 0.3) is 0 Å². The smallest absolute Gasteiger partial charge is 0.408 e. The Hall–Kier alpha value is -1.97. The maximum atomic E-state index is 11.3. The predicted molar refractivity (Wildman–Crippen MR) is 58.6 cm³/mol. The molecule has 0 unspecified atom stereocenters. The number of benzene rings is 1. The van der Waals surface area contributed by atoms with E-state index in [4.69, 9.17) is 9.47 Å². The first-order valence-electron chi connectivity index (χ1n) is 5.04. The summed E-state index contributed by atoms with van der Waals surface area (Å²) in [6, 6.07) is 9.41. The van der Waals surface area contributed by atoms with Crippen molar-refractivity contribution < 1.29 is 14.3 Å². The fourth-order valence-electron chi connectivity index (χ4n) is 1.31. The molecule has 0 saturated carbocycles. The van der Waals surface area contributed by atoms with Crippen molar-refractivity contribution >= 4 is 6.09 Å². The van der Waals surface area contributed by atoms with Gasteiger partial charge in [0.15, 0.2) is 0 Å². The van der Waals surface area contributed by atoms with Crippen LogP contribution in [0.15, 0.2) is 42.7 Å². The first-order valence-corrected chi connectivity index (χ1v) is 5.04. The van der Waals surface area contributed by atoms with E-state index < -0.39 is 6.09 Å². The standard InChI is InChI=1S/C12H13NO3/c1-9-11(8-15-9)13-12(14)16-7-10-5-3-2-4-6-10/h2-6,11H,1,7-8H2,(H,13,14)/t11-/m0/s1. The van der Waals surface area contributed by atoms with Gasteiger partial charge < -0.3 is 14.8 Å². The maximum absolute atomic E-state index is 11.3. The van der Waals surface area contributed by atoms with Crippen LogP contribution in [-0.2, 0) is 16.1 Å². The molecule has 1 heterocycles. The zero-order valence-corrected chi connectivity index (χ0v) is 8.81. The number of ether oxygens (including phenoxy) is 2. The number of hydrogen-bond donors (Lipinski definition) is 1. The Morgan fingerprint density at radius 2 is 2.25 bits per heavy atom. The lowest BCUT2D eigenvalue weighted by atomic mass is 10.2. The number of hydrogen-bond acceptors (Lipinski definition) is 3. The fraction of sp³-hybridized carbons (Fsp3) is 0.250. The molecule has 1 N–H and O–H groups in total. The molecule has 84 valence electrons. The van der Waals surface area contributed by atoms with Crippen LogP contribution in [0.5, 0.6) is 0 Å². The minimum atomic E-state index is -0.446. The molecule has 0 aliphatic carbocycles. The number of rotatable bonds is 3. The number of amides is 1. The van der Waals surface area contributed by atoms with Gasteiger partial charge in [0.1, 0.15) is 25.0 Å². The van der Waals surface area contributed by atoms with E-state index in [2.05, 4.69) is 11.9 Å². The van der Waals surface area contributed by atoms with Crippen molar-refractivity contribution in [1.82, 2.24) is 5.32 Å². The normalized spacial score (nSPS) is 18.2.